The summed E-state index contributed by atoms with van der Waals surface area (Å²) in [5, 5.41) is 13.1. The van der Waals surface area contributed by atoms with Gasteiger partial charge in [-0.05, 0) is 25.1 Å². The van der Waals surface area contributed by atoms with Crippen molar-refractivity contribution in [1.82, 2.24) is 19.8 Å². The molecular formula is C17H24N4O. The maximum Gasteiger partial charge on any atom is 0.0948 e. The molecule has 1 aliphatic rings. The number of benzene rings is 1. The second-order valence-electron chi connectivity index (χ2n) is 6.06. The molecule has 22 heavy (non-hydrogen) atoms. The number of hydrogen-bond donors (Lipinski definition) is 2. The number of nitrogens with one attached hydrogen (secondary N) is 1. The lowest BCUT2D eigenvalue weighted by atomic mass is 10.0. The number of likely N-dealkylation sites (tertiary alicyclic amines) is 1. The Bertz CT molecular complexity index is 625. The van der Waals surface area contributed by atoms with Crippen LogP contribution in [0.15, 0.2) is 36.8 Å². The summed E-state index contributed by atoms with van der Waals surface area (Å²) in [6.07, 6.45) is 4.43. The van der Waals surface area contributed by atoms with Crippen LogP contribution in [0.25, 0.3) is 11.3 Å². The topological polar surface area (TPSA) is 53.3 Å². The van der Waals surface area contributed by atoms with Crippen molar-refractivity contribution in [3.05, 3.63) is 42.4 Å². The highest BCUT2D eigenvalue weighted by atomic mass is 16.3. The van der Waals surface area contributed by atoms with Gasteiger partial charge in [0.15, 0.2) is 0 Å². The number of rotatable bonds is 5. The van der Waals surface area contributed by atoms with Crippen LogP contribution in [0.3, 0.4) is 0 Å². The predicted octanol–water partition coefficient (Wildman–Crippen LogP) is 1.41. The van der Waals surface area contributed by atoms with Gasteiger partial charge in [-0.15, -0.1) is 0 Å². The van der Waals surface area contributed by atoms with Crippen LogP contribution >= 0.6 is 0 Å². The Kier molecular flexibility index (Phi) is 4.57. The van der Waals surface area contributed by atoms with Gasteiger partial charge in [0.2, 0.25) is 0 Å². The van der Waals surface area contributed by atoms with Gasteiger partial charge in [-0.1, -0.05) is 18.2 Å². The van der Waals surface area contributed by atoms with Gasteiger partial charge in [-0.25, -0.2) is 4.98 Å². The van der Waals surface area contributed by atoms with Crippen LogP contribution in [0.4, 0.5) is 0 Å². The Labute approximate surface area is 131 Å². The Morgan fingerprint density at radius 2 is 2.32 bits per heavy atom. The number of imidazole rings is 1. The first-order chi connectivity index (χ1) is 10.7. The third-order valence-electron chi connectivity index (χ3n) is 4.44. The van der Waals surface area contributed by atoms with Gasteiger partial charge in [0, 0.05) is 38.3 Å². The number of aromatic nitrogens is 2. The number of β-amino-alcohol motifs (C(OH)–C–C–N with tert-alkyl or cyclic N) is 1. The molecule has 2 N–H and O–H groups in total. The monoisotopic (exact) mass is 300 g/mol. The van der Waals surface area contributed by atoms with Gasteiger partial charge >= 0.3 is 0 Å². The second-order valence-corrected chi connectivity index (χ2v) is 6.06. The maximum atomic E-state index is 9.68. The molecule has 118 valence electrons. The van der Waals surface area contributed by atoms with E-state index >= 15 is 0 Å². The fourth-order valence-electron chi connectivity index (χ4n) is 3.15. The van der Waals surface area contributed by atoms with E-state index in [2.05, 4.69) is 39.5 Å². The van der Waals surface area contributed by atoms with Gasteiger partial charge in [-0.2, -0.15) is 0 Å². The molecule has 2 heterocycles. The lowest BCUT2D eigenvalue weighted by Gasteiger charge is -2.24. The summed E-state index contributed by atoms with van der Waals surface area (Å²) in [5.74, 6) is 0. The summed E-state index contributed by atoms with van der Waals surface area (Å²) in [7, 11) is 4.00. The third-order valence-corrected chi connectivity index (χ3v) is 4.44. The summed E-state index contributed by atoms with van der Waals surface area (Å²) >= 11 is 0. The minimum Gasteiger partial charge on any atom is -0.392 e. The lowest BCUT2D eigenvalue weighted by Crippen LogP contribution is -2.33. The highest BCUT2D eigenvalue weighted by Crippen LogP contribution is 2.24. The molecule has 2 aromatic rings. The maximum absolute atomic E-state index is 9.68. The van der Waals surface area contributed by atoms with Crippen molar-refractivity contribution < 1.29 is 5.11 Å². The summed E-state index contributed by atoms with van der Waals surface area (Å²) in [4.78, 5) is 6.52. The molecule has 0 unspecified atom stereocenters. The van der Waals surface area contributed by atoms with Crippen molar-refractivity contribution in [1.29, 1.82) is 0 Å². The van der Waals surface area contributed by atoms with Crippen LogP contribution in [0.1, 0.15) is 18.0 Å². The van der Waals surface area contributed by atoms with E-state index in [1.54, 1.807) is 0 Å². The van der Waals surface area contributed by atoms with Crippen LogP contribution in [-0.4, -0.2) is 52.3 Å². The molecule has 1 aromatic carbocycles. The number of aliphatic hydroxyl groups excluding tert-OH is 1. The molecule has 5 heteroatoms. The Morgan fingerprint density at radius 1 is 1.45 bits per heavy atom. The van der Waals surface area contributed by atoms with Crippen LogP contribution in [0.2, 0.25) is 0 Å². The Balaban J connectivity index is 1.79. The van der Waals surface area contributed by atoms with Crippen molar-refractivity contribution in [2.45, 2.75) is 18.6 Å². The van der Waals surface area contributed by atoms with Crippen molar-refractivity contribution in [2.24, 2.45) is 7.05 Å². The number of aryl methyl sites for hydroxylation is 1. The highest BCUT2D eigenvalue weighted by molar-refractivity contribution is 5.60. The number of aliphatic hydroxyl groups is 1. The molecule has 2 atom stereocenters. The molecule has 0 radical (unpaired) electrons. The zero-order valence-corrected chi connectivity index (χ0v) is 13.2. The third kappa shape index (κ3) is 3.21. The van der Waals surface area contributed by atoms with E-state index in [4.69, 9.17) is 0 Å². The van der Waals surface area contributed by atoms with Crippen LogP contribution in [-0.2, 0) is 7.05 Å². The van der Waals surface area contributed by atoms with E-state index in [9.17, 15) is 5.11 Å². The Hall–Kier alpha value is -1.69. The second kappa shape index (κ2) is 6.60. The summed E-state index contributed by atoms with van der Waals surface area (Å²) in [6, 6.07) is 8.87. The number of hydrogen-bond acceptors (Lipinski definition) is 4. The average molecular weight is 300 g/mol. The molecule has 0 saturated carbocycles. The molecule has 1 saturated heterocycles. The molecule has 0 amide bonds. The molecule has 5 nitrogen and oxygen atoms in total. The molecule has 0 aliphatic carbocycles. The van der Waals surface area contributed by atoms with Gasteiger partial charge in [0.1, 0.15) is 0 Å². The predicted molar refractivity (Wildman–Crippen MR) is 87.5 cm³/mol. The van der Waals surface area contributed by atoms with Crippen molar-refractivity contribution in [3.63, 3.8) is 0 Å². The number of likely N-dealkylation sites (N-methyl/N-ethyl adjacent to an activating group) is 1. The van der Waals surface area contributed by atoms with E-state index < -0.39 is 0 Å². The fraction of sp³-hybridized carbons (Fsp3) is 0.471. The normalized spacial score (nSPS) is 20.4. The van der Waals surface area contributed by atoms with Crippen molar-refractivity contribution in [3.8, 4) is 11.3 Å². The molecular weight excluding hydrogens is 276 g/mol. The Morgan fingerprint density at radius 3 is 2.95 bits per heavy atom. The zero-order valence-electron chi connectivity index (χ0n) is 13.2. The van der Waals surface area contributed by atoms with Crippen molar-refractivity contribution >= 4 is 0 Å². The minimum absolute atomic E-state index is 0.168. The largest absolute Gasteiger partial charge is 0.392 e. The lowest BCUT2D eigenvalue weighted by molar-refractivity contribution is 0.173. The highest BCUT2D eigenvalue weighted by Gasteiger charge is 2.23. The summed E-state index contributed by atoms with van der Waals surface area (Å²) in [5.41, 5.74) is 3.56. The molecule has 0 bridgehead atoms. The van der Waals surface area contributed by atoms with E-state index in [1.165, 1.54) is 11.1 Å². The van der Waals surface area contributed by atoms with E-state index in [0.29, 0.717) is 0 Å². The molecule has 1 aromatic heterocycles. The summed E-state index contributed by atoms with van der Waals surface area (Å²) < 4.78 is 2.03. The quantitative estimate of drug-likeness (QED) is 0.877. The summed E-state index contributed by atoms with van der Waals surface area (Å²) in [6.45, 7) is 2.67. The van der Waals surface area contributed by atoms with Gasteiger partial charge in [0.05, 0.1) is 24.3 Å². The minimum atomic E-state index is -0.168. The van der Waals surface area contributed by atoms with Crippen LogP contribution in [0.5, 0.6) is 0 Å². The average Bonchev–Trinajstić information content (AvgIpc) is 3.13. The van der Waals surface area contributed by atoms with E-state index in [0.717, 1.165) is 31.7 Å². The number of nitrogens with zero attached hydrogens (tertiary/aromatic N) is 3. The first-order valence-electron chi connectivity index (χ1n) is 7.81. The standard InChI is InChI=1S/C17H24N4O/c1-18-16(11-21-7-6-15(22)10-21)13-4-3-5-14(8-13)17-9-19-12-20(17)2/h3-5,8-9,12,15-16,18,22H,6-7,10-11H2,1-2H3/t15-,16-/m1/s1. The van der Waals surface area contributed by atoms with Gasteiger partial charge in [0.25, 0.3) is 0 Å². The molecule has 1 aliphatic heterocycles. The van der Waals surface area contributed by atoms with Crippen LogP contribution < -0.4 is 5.32 Å². The molecule has 0 spiro atoms. The van der Waals surface area contributed by atoms with E-state index in [1.807, 2.05) is 31.2 Å². The van der Waals surface area contributed by atoms with Crippen LogP contribution in [0, 0.1) is 0 Å². The molecule has 3 rings (SSSR count). The SMILES string of the molecule is CN[C@H](CN1CC[C@@H](O)C1)c1cccc(-c2cncn2C)c1. The van der Waals surface area contributed by atoms with Gasteiger partial charge < -0.3 is 15.0 Å². The first-order valence-corrected chi connectivity index (χ1v) is 7.81. The molecule has 1 fully saturated rings. The fourth-order valence-corrected chi connectivity index (χ4v) is 3.15. The van der Waals surface area contributed by atoms with E-state index in [-0.39, 0.29) is 12.1 Å². The van der Waals surface area contributed by atoms with Crippen molar-refractivity contribution in [2.75, 3.05) is 26.7 Å². The first kappa shape index (κ1) is 15.2. The smallest absolute Gasteiger partial charge is 0.0948 e. The zero-order chi connectivity index (χ0) is 15.5. The van der Waals surface area contributed by atoms with Gasteiger partial charge in [-0.3, -0.25) is 4.90 Å².